The van der Waals surface area contributed by atoms with Crippen LogP contribution in [0.3, 0.4) is 0 Å². The summed E-state index contributed by atoms with van der Waals surface area (Å²) in [6.07, 6.45) is 1.49. The average molecular weight is 318 g/mol. The molecule has 0 aliphatic rings. The first-order chi connectivity index (χ1) is 10.6. The fourth-order valence-corrected chi connectivity index (χ4v) is 2.79. The Hall–Kier alpha value is -2.21. The van der Waals surface area contributed by atoms with Crippen molar-refractivity contribution < 1.29 is 14.7 Å². The van der Waals surface area contributed by atoms with E-state index in [1.807, 2.05) is 35.7 Å². The lowest BCUT2D eigenvalue weighted by atomic mass is 10.2. The number of aromatic nitrogens is 1. The van der Waals surface area contributed by atoms with Gasteiger partial charge in [-0.3, -0.25) is 9.59 Å². The highest BCUT2D eigenvalue weighted by atomic mass is 32.1. The van der Waals surface area contributed by atoms with Gasteiger partial charge in [-0.05, 0) is 12.8 Å². The monoisotopic (exact) mass is 318 g/mol. The van der Waals surface area contributed by atoms with E-state index in [1.54, 1.807) is 11.3 Å². The number of carboxylic acid groups (broad SMARTS) is 1. The molecule has 0 atom stereocenters. The van der Waals surface area contributed by atoms with Crippen molar-refractivity contribution >= 4 is 23.2 Å². The van der Waals surface area contributed by atoms with Gasteiger partial charge in [-0.1, -0.05) is 30.3 Å². The number of carbonyl (C=O) groups excluding carboxylic acids is 1. The SMILES string of the molecule is O=C(O)CCCNC(=O)CCc1csc(-c2ccccc2)n1. The zero-order valence-electron chi connectivity index (χ0n) is 12.1. The minimum absolute atomic E-state index is 0.0698. The van der Waals surface area contributed by atoms with Crippen LogP contribution < -0.4 is 5.32 Å². The maximum Gasteiger partial charge on any atom is 0.303 e. The number of hydrogen-bond donors (Lipinski definition) is 2. The van der Waals surface area contributed by atoms with Crippen molar-refractivity contribution in [3.05, 3.63) is 41.4 Å². The van der Waals surface area contributed by atoms with Gasteiger partial charge in [0.05, 0.1) is 5.69 Å². The number of hydrogen-bond acceptors (Lipinski definition) is 4. The molecule has 0 aliphatic carbocycles. The van der Waals surface area contributed by atoms with Gasteiger partial charge in [-0.25, -0.2) is 4.98 Å². The molecule has 0 aliphatic heterocycles. The molecule has 1 aromatic carbocycles. The number of aryl methyl sites for hydroxylation is 1. The average Bonchev–Trinajstić information content (AvgIpc) is 2.99. The molecule has 116 valence electrons. The summed E-state index contributed by atoms with van der Waals surface area (Å²) in [5, 5.41) is 14.2. The van der Waals surface area contributed by atoms with Gasteiger partial charge >= 0.3 is 5.97 Å². The zero-order chi connectivity index (χ0) is 15.8. The lowest BCUT2D eigenvalue weighted by Crippen LogP contribution is -2.25. The third kappa shape index (κ3) is 5.29. The minimum atomic E-state index is -0.842. The molecule has 1 heterocycles. The third-order valence-electron chi connectivity index (χ3n) is 3.07. The van der Waals surface area contributed by atoms with Crippen LogP contribution in [0.15, 0.2) is 35.7 Å². The van der Waals surface area contributed by atoms with Crippen LogP contribution in [0.25, 0.3) is 10.6 Å². The third-order valence-corrected chi connectivity index (χ3v) is 4.01. The fraction of sp³-hybridized carbons (Fsp3) is 0.312. The van der Waals surface area contributed by atoms with Crippen LogP contribution in [0.5, 0.6) is 0 Å². The van der Waals surface area contributed by atoms with Crippen molar-refractivity contribution in [2.45, 2.75) is 25.7 Å². The normalized spacial score (nSPS) is 10.4. The summed E-state index contributed by atoms with van der Waals surface area (Å²) < 4.78 is 0. The van der Waals surface area contributed by atoms with E-state index in [2.05, 4.69) is 10.3 Å². The number of aliphatic carboxylic acids is 1. The molecular weight excluding hydrogens is 300 g/mol. The number of rotatable bonds is 8. The number of thiazole rings is 1. The van der Waals surface area contributed by atoms with Crippen molar-refractivity contribution in [2.24, 2.45) is 0 Å². The van der Waals surface area contributed by atoms with E-state index in [1.165, 1.54) is 0 Å². The van der Waals surface area contributed by atoms with Crippen LogP contribution in [0.4, 0.5) is 0 Å². The molecule has 0 spiro atoms. The standard InChI is InChI=1S/C16H18N2O3S/c19-14(17-10-4-7-15(20)21)9-8-13-11-22-16(18-13)12-5-2-1-3-6-12/h1-3,5-6,11H,4,7-10H2,(H,17,19)(H,20,21). The van der Waals surface area contributed by atoms with Gasteiger partial charge in [0.2, 0.25) is 5.91 Å². The molecule has 6 heteroatoms. The van der Waals surface area contributed by atoms with Crippen molar-refractivity contribution in [3.8, 4) is 10.6 Å². The molecule has 0 unspecified atom stereocenters. The summed E-state index contributed by atoms with van der Waals surface area (Å²) in [4.78, 5) is 26.5. The van der Waals surface area contributed by atoms with Gasteiger partial charge in [0, 0.05) is 30.3 Å². The summed E-state index contributed by atoms with van der Waals surface area (Å²) in [7, 11) is 0. The van der Waals surface area contributed by atoms with E-state index in [0.29, 0.717) is 25.8 Å². The molecule has 2 N–H and O–H groups in total. The summed E-state index contributed by atoms with van der Waals surface area (Å²) in [5.41, 5.74) is 1.99. The van der Waals surface area contributed by atoms with Gasteiger partial charge < -0.3 is 10.4 Å². The molecule has 1 aromatic heterocycles. The highest BCUT2D eigenvalue weighted by Gasteiger charge is 2.07. The van der Waals surface area contributed by atoms with Crippen LogP contribution >= 0.6 is 11.3 Å². The molecule has 0 saturated carbocycles. The van der Waals surface area contributed by atoms with E-state index in [0.717, 1.165) is 16.3 Å². The van der Waals surface area contributed by atoms with Crippen LogP contribution in [-0.4, -0.2) is 28.5 Å². The van der Waals surface area contributed by atoms with Crippen LogP contribution in [0, 0.1) is 0 Å². The molecule has 0 radical (unpaired) electrons. The van der Waals surface area contributed by atoms with E-state index < -0.39 is 5.97 Å². The van der Waals surface area contributed by atoms with E-state index in [4.69, 9.17) is 5.11 Å². The lowest BCUT2D eigenvalue weighted by Gasteiger charge is -2.03. The lowest BCUT2D eigenvalue weighted by molar-refractivity contribution is -0.137. The number of carboxylic acids is 1. The largest absolute Gasteiger partial charge is 0.481 e. The highest BCUT2D eigenvalue weighted by molar-refractivity contribution is 7.13. The number of carbonyl (C=O) groups is 2. The van der Waals surface area contributed by atoms with Crippen LogP contribution in [-0.2, 0) is 16.0 Å². The smallest absolute Gasteiger partial charge is 0.303 e. The van der Waals surface area contributed by atoms with Crippen molar-refractivity contribution in [3.63, 3.8) is 0 Å². The number of benzene rings is 1. The Balaban J connectivity index is 1.74. The Morgan fingerprint density at radius 1 is 1.18 bits per heavy atom. The number of nitrogens with one attached hydrogen (secondary N) is 1. The summed E-state index contributed by atoms with van der Waals surface area (Å²) in [6.45, 7) is 0.400. The second-order valence-electron chi connectivity index (χ2n) is 4.86. The number of nitrogens with zero attached hydrogens (tertiary/aromatic N) is 1. The summed E-state index contributed by atoms with van der Waals surface area (Å²) >= 11 is 1.57. The molecule has 2 aromatic rings. The van der Waals surface area contributed by atoms with E-state index >= 15 is 0 Å². The molecule has 0 bridgehead atoms. The summed E-state index contributed by atoms with van der Waals surface area (Å²) in [6, 6.07) is 9.93. The molecule has 0 fully saturated rings. The predicted molar refractivity (Wildman–Crippen MR) is 85.8 cm³/mol. The highest BCUT2D eigenvalue weighted by Crippen LogP contribution is 2.23. The Morgan fingerprint density at radius 3 is 2.68 bits per heavy atom. The van der Waals surface area contributed by atoms with Crippen molar-refractivity contribution in [2.75, 3.05) is 6.54 Å². The molecular formula is C16H18N2O3S. The first kappa shape index (κ1) is 16.2. The van der Waals surface area contributed by atoms with Gasteiger partial charge in [0.1, 0.15) is 5.01 Å². The first-order valence-electron chi connectivity index (χ1n) is 7.13. The molecule has 0 saturated heterocycles. The van der Waals surface area contributed by atoms with Gasteiger partial charge in [-0.2, -0.15) is 0 Å². The first-order valence-corrected chi connectivity index (χ1v) is 8.01. The van der Waals surface area contributed by atoms with Gasteiger partial charge in [-0.15, -0.1) is 11.3 Å². The fourth-order valence-electron chi connectivity index (χ4n) is 1.93. The number of amides is 1. The van der Waals surface area contributed by atoms with E-state index in [-0.39, 0.29) is 12.3 Å². The van der Waals surface area contributed by atoms with Crippen LogP contribution in [0.1, 0.15) is 25.0 Å². The second kappa shape index (κ2) is 8.29. The maximum absolute atomic E-state index is 11.7. The quantitative estimate of drug-likeness (QED) is 0.734. The summed E-state index contributed by atoms with van der Waals surface area (Å²) in [5.74, 6) is -0.912. The Bertz CT molecular complexity index is 625. The Morgan fingerprint density at radius 2 is 1.95 bits per heavy atom. The Kier molecular flexibility index (Phi) is 6.09. The van der Waals surface area contributed by atoms with E-state index in [9.17, 15) is 9.59 Å². The van der Waals surface area contributed by atoms with Gasteiger partial charge in [0.25, 0.3) is 0 Å². The second-order valence-corrected chi connectivity index (χ2v) is 5.72. The maximum atomic E-state index is 11.7. The van der Waals surface area contributed by atoms with Crippen molar-refractivity contribution in [1.29, 1.82) is 0 Å². The topological polar surface area (TPSA) is 79.3 Å². The van der Waals surface area contributed by atoms with Crippen LogP contribution in [0.2, 0.25) is 0 Å². The molecule has 1 amide bonds. The predicted octanol–water partition coefficient (Wildman–Crippen LogP) is 2.72. The van der Waals surface area contributed by atoms with Gasteiger partial charge in [0.15, 0.2) is 0 Å². The van der Waals surface area contributed by atoms with Crippen molar-refractivity contribution in [1.82, 2.24) is 10.3 Å². The molecule has 2 rings (SSSR count). The minimum Gasteiger partial charge on any atom is -0.481 e. The zero-order valence-corrected chi connectivity index (χ0v) is 12.9. The molecule has 22 heavy (non-hydrogen) atoms. The Labute approximate surface area is 133 Å². The molecule has 5 nitrogen and oxygen atoms in total.